The van der Waals surface area contributed by atoms with E-state index in [9.17, 15) is 0 Å². The molecule has 0 atom stereocenters. The monoisotopic (exact) mass is 294 g/mol. The molecule has 0 aromatic carbocycles. The molecule has 0 aliphatic rings. The van der Waals surface area contributed by atoms with Crippen molar-refractivity contribution in [3.8, 4) is 10.6 Å². The van der Waals surface area contributed by atoms with Crippen molar-refractivity contribution in [1.82, 2.24) is 10.3 Å². The van der Waals surface area contributed by atoms with Gasteiger partial charge in [0.25, 0.3) is 0 Å². The minimum Gasteiger partial charge on any atom is -0.469 e. The topological polar surface area (TPSA) is 47.3 Å². The van der Waals surface area contributed by atoms with Gasteiger partial charge >= 0.3 is 0 Å². The number of nitrogens with zero attached hydrogens (tertiary/aromatic N) is 1. The van der Waals surface area contributed by atoms with Crippen molar-refractivity contribution in [2.45, 2.75) is 46.4 Å². The van der Waals surface area contributed by atoms with Gasteiger partial charge in [0.05, 0.1) is 24.1 Å². The molecule has 1 N–H and O–H groups in total. The van der Waals surface area contributed by atoms with Crippen molar-refractivity contribution in [3.05, 3.63) is 28.7 Å². The van der Waals surface area contributed by atoms with E-state index in [4.69, 9.17) is 14.1 Å². The number of hydrogen-bond acceptors (Lipinski definition) is 5. The first-order chi connectivity index (χ1) is 9.40. The molecule has 0 unspecified atom stereocenters. The van der Waals surface area contributed by atoms with Gasteiger partial charge in [-0.1, -0.05) is 0 Å². The van der Waals surface area contributed by atoms with Crippen LogP contribution >= 0.6 is 11.3 Å². The SMILES string of the molecule is COCc1nc(-c2ccoc2C)sc1CNC(C)(C)C. The van der Waals surface area contributed by atoms with Crippen LogP contribution in [0.2, 0.25) is 0 Å². The molecule has 0 spiro atoms. The molecule has 2 rings (SSSR count). The van der Waals surface area contributed by atoms with Crippen molar-refractivity contribution < 1.29 is 9.15 Å². The Hall–Kier alpha value is -1.17. The van der Waals surface area contributed by atoms with Crippen LogP contribution in [0.25, 0.3) is 10.6 Å². The van der Waals surface area contributed by atoms with Crippen molar-refractivity contribution in [3.63, 3.8) is 0 Å². The van der Waals surface area contributed by atoms with Crippen molar-refractivity contribution >= 4 is 11.3 Å². The zero-order valence-electron chi connectivity index (χ0n) is 12.7. The smallest absolute Gasteiger partial charge is 0.127 e. The van der Waals surface area contributed by atoms with E-state index in [-0.39, 0.29) is 5.54 Å². The Morgan fingerprint density at radius 2 is 2.15 bits per heavy atom. The van der Waals surface area contributed by atoms with E-state index in [1.165, 1.54) is 4.88 Å². The summed E-state index contributed by atoms with van der Waals surface area (Å²) in [4.78, 5) is 5.92. The third-order valence-electron chi connectivity index (χ3n) is 2.93. The van der Waals surface area contributed by atoms with Crippen LogP contribution < -0.4 is 5.32 Å². The standard InChI is InChI=1S/C15H22N2O2S/c1-10-11(6-7-19-10)14-17-12(9-18-5)13(20-14)8-16-15(2,3)4/h6-7,16H,8-9H2,1-5H3. The fourth-order valence-corrected chi connectivity index (χ4v) is 2.92. The van der Waals surface area contributed by atoms with Gasteiger partial charge in [0.1, 0.15) is 10.8 Å². The Labute approximate surface area is 124 Å². The van der Waals surface area contributed by atoms with Gasteiger partial charge in [0.15, 0.2) is 0 Å². The summed E-state index contributed by atoms with van der Waals surface area (Å²) in [6.07, 6.45) is 1.70. The first-order valence-corrected chi connectivity index (χ1v) is 7.49. The third-order valence-corrected chi connectivity index (χ3v) is 4.06. The van der Waals surface area contributed by atoms with Crippen LogP contribution in [0.3, 0.4) is 0 Å². The van der Waals surface area contributed by atoms with Gasteiger partial charge in [-0.2, -0.15) is 0 Å². The lowest BCUT2D eigenvalue weighted by Crippen LogP contribution is -2.35. The number of ether oxygens (including phenoxy) is 1. The fourth-order valence-electron chi connectivity index (χ4n) is 1.84. The van der Waals surface area contributed by atoms with Crippen LogP contribution in [0.5, 0.6) is 0 Å². The largest absolute Gasteiger partial charge is 0.469 e. The lowest BCUT2D eigenvalue weighted by Gasteiger charge is -2.20. The van der Waals surface area contributed by atoms with Crippen molar-refractivity contribution in [2.24, 2.45) is 0 Å². The maximum Gasteiger partial charge on any atom is 0.127 e. The number of aromatic nitrogens is 1. The van der Waals surface area contributed by atoms with Gasteiger partial charge < -0.3 is 14.5 Å². The Kier molecular flexibility index (Phi) is 4.62. The molecular weight excluding hydrogens is 272 g/mol. The zero-order chi connectivity index (χ0) is 14.8. The van der Waals surface area contributed by atoms with Crippen LogP contribution in [0, 0.1) is 6.92 Å². The highest BCUT2D eigenvalue weighted by Crippen LogP contribution is 2.31. The quantitative estimate of drug-likeness (QED) is 0.912. The van der Waals surface area contributed by atoms with E-state index in [2.05, 4.69) is 26.1 Å². The number of rotatable bonds is 5. The first-order valence-electron chi connectivity index (χ1n) is 6.67. The summed E-state index contributed by atoms with van der Waals surface area (Å²) in [5.74, 6) is 0.901. The molecule has 0 aliphatic heterocycles. The molecule has 110 valence electrons. The van der Waals surface area contributed by atoms with Gasteiger partial charge in [-0.05, 0) is 33.8 Å². The molecule has 5 heteroatoms. The second kappa shape index (κ2) is 6.08. The average molecular weight is 294 g/mol. The van der Waals surface area contributed by atoms with Gasteiger partial charge in [-0.15, -0.1) is 11.3 Å². The maximum atomic E-state index is 5.36. The molecule has 0 radical (unpaired) electrons. The minimum absolute atomic E-state index is 0.0834. The normalized spacial score (nSPS) is 12.1. The average Bonchev–Trinajstić information content (AvgIpc) is 2.92. The Bertz CT molecular complexity index is 567. The maximum absolute atomic E-state index is 5.36. The van der Waals surface area contributed by atoms with Gasteiger partial charge in [0, 0.05) is 24.1 Å². The number of furan rings is 1. The Morgan fingerprint density at radius 1 is 1.40 bits per heavy atom. The molecular formula is C15H22N2O2S. The van der Waals surface area contributed by atoms with Gasteiger partial charge in [0.2, 0.25) is 0 Å². The van der Waals surface area contributed by atoms with Crippen molar-refractivity contribution in [2.75, 3.05) is 7.11 Å². The molecule has 2 aromatic rings. The highest BCUT2D eigenvalue weighted by molar-refractivity contribution is 7.15. The molecule has 0 aliphatic carbocycles. The second-order valence-corrected chi connectivity index (χ2v) is 6.90. The van der Waals surface area contributed by atoms with E-state index in [1.807, 2.05) is 13.0 Å². The fraction of sp³-hybridized carbons (Fsp3) is 0.533. The highest BCUT2D eigenvalue weighted by atomic mass is 32.1. The number of methoxy groups -OCH3 is 1. The molecule has 0 bridgehead atoms. The van der Waals surface area contributed by atoms with E-state index in [0.29, 0.717) is 6.61 Å². The number of hydrogen-bond donors (Lipinski definition) is 1. The Balaban J connectivity index is 2.26. The lowest BCUT2D eigenvalue weighted by molar-refractivity contribution is 0.181. The number of nitrogens with one attached hydrogen (secondary N) is 1. The van der Waals surface area contributed by atoms with Crippen LogP contribution in [-0.2, 0) is 17.9 Å². The lowest BCUT2D eigenvalue weighted by atomic mass is 10.1. The summed E-state index contributed by atoms with van der Waals surface area (Å²) >= 11 is 1.70. The molecule has 4 nitrogen and oxygen atoms in total. The predicted molar refractivity (Wildman–Crippen MR) is 81.9 cm³/mol. The summed E-state index contributed by atoms with van der Waals surface area (Å²) in [7, 11) is 1.70. The van der Waals surface area contributed by atoms with Crippen molar-refractivity contribution in [1.29, 1.82) is 0 Å². The zero-order valence-corrected chi connectivity index (χ0v) is 13.6. The molecule has 0 saturated heterocycles. The summed E-state index contributed by atoms with van der Waals surface area (Å²) in [6, 6.07) is 1.96. The summed E-state index contributed by atoms with van der Waals surface area (Å²) in [5.41, 5.74) is 2.15. The Morgan fingerprint density at radius 3 is 2.70 bits per heavy atom. The molecule has 20 heavy (non-hydrogen) atoms. The molecule has 2 aromatic heterocycles. The van der Waals surface area contributed by atoms with Gasteiger partial charge in [-0.3, -0.25) is 0 Å². The molecule has 2 heterocycles. The summed E-state index contributed by atoms with van der Waals surface area (Å²) in [6.45, 7) is 9.77. The number of thiazole rings is 1. The minimum atomic E-state index is 0.0834. The van der Waals surface area contributed by atoms with Gasteiger partial charge in [-0.25, -0.2) is 4.98 Å². The highest BCUT2D eigenvalue weighted by Gasteiger charge is 2.17. The number of aryl methyl sites for hydroxylation is 1. The van der Waals surface area contributed by atoms with E-state index < -0.39 is 0 Å². The van der Waals surface area contributed by atoms with Crippen LogP contribution in [0.1, 0.15) is 37.1 Å². The predicted octanol–water partition coefficient (Wildman–Crippen LogP) is 3.75. The molecule has 0 fully saturated rings. The van der Waals surface area contributed by atoms with Crippen LogP contribution in [-0.4, -0.2) is 17.6 Å². The molecule has 0 amide bonds. The van der Waals surface area contributed by atoms with E-state index >= 15 is 0 Å². The summed E-state index contributed by atoms with van der Waals surface area (Å²) in [5, 5.41) is 4.50. The van der Waals surface area contributed by atoms with Crippen LogP contribution in [0.15, 0.2) is 16.7 Å². The van der Waals surface area contributed by atoms with E-state index in [1.54, 1.807) is 24.7 Å². The molecule has 0 saturated carbocycles. The third kappa shape index (κ3) is 3.69. The first kappa shape index (κ1) is 15.2. The van der Waals surface area contributed by atoms with Crippen LogP contribution in [0.4, 0.5) is 0 Å². The second-order valence-electron chi connectivity index (χ2n) is 5.82. The van der Waals surface area contributed by atoms with E-state index in [0.717, 1.165) is 28.6 Å². The summed E-state index contributed by atoms with van der Waals surface area (Å²) < 4.78 is 10.6.